The third-order valence-corrected chi connectivity index (χ3v) is 5.78. The lowest BCUT2D eigenvalue weighted by Gasteiger charge is -2.49. The van der Waals surface area contributed by atoms with Gasteiger partial charge in [-0.3, -0.25) is 0 Å². The van der Waals surface area contributed by atoms with Gasteiger partial charge in [0.1, 0.15) is 0 Å². The first kappa shape index (κ1) is 17.3. The average Bonchev–Trinajstić information content (AvgIpc) is 2.87. The summed E-state index contributed by atoms with van der Waals surface area (Å²) in [7, 11) is 1.57. The Morgan fingerprint density at radius 2 is 1.80 bits per heavy atom. The Morgan fingerprint density at radius 1 is 1.04 bits per heavy atom. The lowest BCUT2D eigenvalue weighted by Crippen LogP contribution is -2.59. The molecule has 0 N–H and O–H groups in total. The van der Waals surface area contributed by atoms with E-state index in [4.69, 9.17) is 19.2 Å². The van der Waals surface area contributed by atoms with E-state index < -0.39 is 29.4 Å². The lowest BCUT2D eigenvalue weighted by atomic mass is 9.73. The molecule has 3 aliphatic heterocycles. The van der Waals surface area contributed by atoms with Crippen molar-refractivity contribution < 1.29 is 32.4 Å². The number of rotatable bonds is 2. The molecule has 1 aliphatic carbocycles. The van der Waals surface area contributed by atoms with Crippen LogP contribution in [-0.2, 0) is 31.2 Å². The molecule has 1 aromatic rings. The summed E-state index contributed by atoms with van der Waals surface area (Å²) in [5.41, 5.74) is -0.818. The van der Waals surface area contributed by atoms with E-state index >= 15 is 0 Å². The molecule has 2 bridgehead atoms. The van der Waals surface area contributed by atoms with Crippen molar-refractivity contribution in [2.45, 2.75) is 62.4 Å². The highest BCUT2D eigenvalue weighted by Gasteiger charge is 2.61. The number of alkyl halides is 3. The van der Waals surface area contributed by atoms with Crippen LogP contribution < -0.4 is 0 Å². The Hall–Kier alpha value is -1.15. The van der Waals surface area contributed by atoms with Crippen LogP contribution in [0.1, 0.15) is 49.7 Å². The van der Waals surface area contributed by atoms with Crippen molar-refractivity contribution >= 4 is 0 Å². The average molecular weight is 358 g/mol. The summed E-state index contributed by atoms with van der Waals surface area (Å²) in [5, 5.41) is 0. The van der Waals surface area contributed by atoms with E-state index in [1.165, 1.54) is 12.1 Å². The van der Waals surface area contributed by atoms with Gasteiger partial charge in [0.25, 0.3) is 0 Å². The second-order valence-electron chi connectivity index (χ2n) is 7.12. The minimum absolute atomic E-state index is 0.255. The predicted octanol–water partition coefficient (Wildman–Crippen LogP) is 4.53. The van der Waals surface area contributed by atoms with E-state index in [9.17, 15) is 13.2 Å². The second kappa shape index (κ2) is 5.94. The van der Waals surface area contributed by atoms with Crippen LogP contribution in [0.4, 0.5) is 13.2 Å². The van der Waals surface area contributed by atoms with E-state index in [1.54, 1.807) is 7.11 Å². The van der Waals surface area contributed by atoms with Gasteiger partial charge in [-0.2, -0.15) is 18.1 Å². The van der Waals surface area contributed by atoms with Crippen LogP contribution in [0.5, 0.6) is 0 Å². The number of benzene rings is 1. The van der Waals surface area contributed by atoms with Crippen LogP contribution in [0.2, 0.25) is 0 Å². The molecule has 0 aromatic heterocycles. The van der Waals surface area contributed by atoms with Crippen molar-refractivity contribution in [1.82, 2.24) is 0 Å². The molecule has 1 saturated carbocycles. The summed E-state index contributed by atoms with van der Waals surface area (Å²) in [6.45, 7) is 0. The van der Waals surface area contributed by atoms with Gasteiger partial charge in [-0.15, -0.1) is 0 Å². The van der Waals surface area contributed by atoms with E-state index in [0.29, 0.717) is 12.0 Å². The molecule has 1 spiro atoms. The van der Waals surface area contributed by atoms with Gasteiger partial charge in [-0.05, 0) is 37.3 Å². The Bertz CT molecular complexity index is 628. The first-order valence-electron chi connectivity index (χ1n) is 8.65. The molecule has 1 aromatic carbocycles. The lowest BCUT2D eigenvalue weighted by molar-refractivity contribution is -0.558. The van der Waals surface area contributed by atoms with Crippen molar-refractivity contribution in [1.29, 1.82) is 0 Å². The Kier molecular flexibility index (Phi) is 4.11. The van der Waals surface area contributed by atoms with Gasteiger partial charge in [0.05, 0.1) is 5.56 Å². The molecule has 7 heteroatoms. The number of fused-ring (bicyclic) bond motifs is 3. The van der Waals surface area contributed by atoms with E-state index in [0.717, 1.165) is 44.2 Å². The maximum Gasteiger partial charge on any atom is 0.416 e. The fourth-order valence-corrected chi connectivity index (χ4v) is 4.41. The molecule has 0 amide bonds. The van der Waals surface area contributed by atoms with Crippen molar-refractivity contribution in [2.75, 3.05) is 7.11 Å². The molecule has 4 nitrogen and oxygen atoms in total. The maximum atomic E-state index is 12.8. The van der Waals surface area contributed by atoms with Crippen LogP contribution in [0.3, 0.4) is 0 Å². The minimum atomic E-state index is -4.38. The fraction of sp³-hybridized carbons (Fsp3) is 0.667. The van der Waals surface area contributed by atoms with E-state index in [1.807, 2.05) is 0 Å². The number of hydrogen-bond acceptors (Lipinski definition) is 4. The minimum Gasteiger partial charge on any atom is -0.353 e. The van der Waals surface area contributed by atoms with Crippen molar-refractivity contribution in [2.24, 2.45) is 5.92 Å². The van der Waals surface area contributed by atoms with E-state index in [-0.39, 0.29) is 5.92 Å². The van der Waals surface area contributed by atoms with Crippen LogP contribution in [0, 0.1) is 5.92 Å². The normalized spacial score (nSPS) is 38.2. The number of methoxy groups -OCH3 is 1. The zero-order valence-corrected chi connectivity index (χ0v) is 14.0. The number of halogens is 3. The summed E-state index contributed by atoms with van der Waals surface area (Å²) >= 11 is 0. The highest BCUT2D eigenvalue weighted by molar-refractivity contribution is 5.28. The van der Waals surface area contributed by atoms with Gasteiger partial charge in [0.2, 0.25) is 5.79 Å². The predicted molar refractivity (Wildman–Crippen MR) is 81.1 cm³/mol. The molecule has 0 radical (unpaired) electrons. The standard InChI is InChI=1S/C18H21F3O4/c1-22-15-16-10-3-2-4-12(16)9-11-17(23-15,25-24-16)13-5-7-14(8-6-13)18(19,20)21/h5-8,12,15H,2-4,9-11H2,1H3/t12?,15?,16-,17-/m0/s1. The topological polar surface area (TPSA) is 36.9 Å². The molecule has 5 rings (SSSR count). The van der Waals surface area contributed by atoms with Crippen LogP contribution in [0.25, 0.3) is 0 Å². The third kappa shape index (κ3) is 2.68. The van der Waals surface area contributed by atoms with Gasteiger partial charge < -0.3 is 9.47 Å². The molecular formula is C18H21F3O4. The van der Waals surface area contributed by atoms with Gasteiger partial charge in [-0.25, -0.2) is 4.89 Å². The van der Waals surface area contributed by atoms with Gasteiger partial charge in [0, 0.05) is 19.1 Å². The maximum absolute atomic E-state index is 12.8. The summed E-state index contributed by atoms with van der Waals surface area (Å²) in [6, 6.07) is 4.87. The SMILES string of the molecule is COC1O[C@@]2(c3ccc(C(F)(F)F)cc3)CCC3CCCC[C@]31OO2. The molecule has 2 unspecified atom stereocenters. The second-order valence-corrected chi connectivity index (χ2v) is 7.12. The van der Waals surface area contributed by atoms with Crippen molar-refractivity contribution in [3.63, 3.8) is 0 Å². The zero-order valence-electron chi connectivity index (χ0n) is 14.0. The van der Waals surface area contributed by atoms with Gasteiger partial charge in [-0.1, -0.05) is 25.0 Å². The van der Waals surface area contributed by atoms with Crippen LogP contribution >= 0.6 is 0 Å². The molecule has 4 atom stereocenters. The molecule has 4 fully saturated rings. The van der Waals surface area contributed by atoms with Crippen LogP contribution in [-0.4, -0.2) is 19.0 Å². The van der Waals surface area contributed by atoms with Crippen molar-refractivity contribution in [3.05, 3.63) is 35.4 Å². The number of ether oxygens (including phenoxy) is 2. The monoisotopic (exact) mass is 358 g/mol. The summed E-state index contributed by atoms with van der Waals surface area (Å²) in [6.07, 6.45) is 0.297. The quantitative estimate of drug-likeness (QED) is 0.728. The Morgan fingerprint density at radius 3 is 2.48 bits per heavy atom. The Balaban J connectivity index is 1.68. The molecular weight excluding hydrogens is 337 g/mol. The fourth-order valence-electron chi connectivity index (χ4n) is 4.41. The first-order chi connectivity index (χ1) is 11.9. The molecule has 3 saturated heterocycles. The first-order valence-corrected chi connectivity index (χ1v) is 8.65. The molecule has 138 valence electrons. The highest BCUT2D eigenvalue weighted by atomic mass is 19.4. The molecule has 3 heterocycles. The third-order valence-electron chi connectivity index (χ3n) is 5.78. The molecule has 4 aliphatic rings. The Labute approximate surface area is 144 Å². The highest BCUT2D eigenvalue weighted by Crippen LogP contribution is 2.55. The van der Waals surface area contributed by atoms with Crippen molar-refractivity contribution in [3.8, 4) is 0 Å². The summed E-state index contributed by atoms with van der Waals surface area (Å²) < 4.78 is 50.2. The summed E-state index contributed by atoms with van der Waals surface area (Å²) in [4.78, 5) is 11.6. The van der Waals surface area contributed by atoms with Gasteiger partial charge >= 0.3 is 6.18 Å². The largest absolute Gasteiger partial charge is 0.416 e. The van der Waals surface area contributed by atoms with Gasteiger partial charge in [0.15, 0.2) is 11.9 Å². The smallest absolute Gasteiger partial charge is 0.353 e. The number of hydrogen-bond donors (Lipinski definition) is 0. The summed E-state index contributed by atoms with van der Waals surface area (Å²) in [5.74, 6) is -0.974. The zero-order chi connectivity index (χ0) is 17.7. The van der Waals surface area contributed by atoms with Crippen LogP contribution in [0.15, 0.2) is 24.3 Å². The van der Waals surface area contributed by atoms with E-state index in [2.05, 4.69) is 0 Å². The molecule has 25 heavy (non-hydrogen) atoms.